The highest BCUT2D eigenvalue weighted by molar-refractivity contribution is 5.89. The maximum atomic E-state index is 13.5. The van der Waals surface area contributed by atoms with E-state index in [0.29, 0.717) is 12.1 Å². The number of hydrogen-bond acceptors (Lipinski definition) is 3. The zero-order valence-electron chi connectivity index (χ0n) is 15.6. The van der Waals surface area contributed by atoms with Crippen molar-refractivity contribution >= 4 is 16.6 Å². The van der Waals surface area contributed by atoms with Crippen molar-refractivity contribution in [3.8, 4) is 11.5 Å². The maximum absolute atomic E-state index is 13.5. The molecule has 164 valence electrons. The Kier molecular flexibility index (Phi) is 4.92. The van der Waals surface area contributed by atoms with Crippen molar-refractivity contribution in [1.82, 2.24) is 14.7 Å². The van der Waals surface area contributed by atoms with E-state index in [1.54, 1.807) is 0 Å². The monoisotopic (exact) mass is 454 g/mol. The zero-order valence-corrected chi connectivity index (χ0v) is 15.6. The Balaban J connectivity index is 1.69. The molecule has 0 amide bonds. The van der Waals surface area contributed by atoms with Crippen LogP contribution in [0.25, 0.3) is 27.2 Å². The second kappa shape index (κ2) is 7.37. The Hall–Kier alpha value is -3.88. The molecule has 0 fully saturated rings. The van der Waals surface area contributed by atoms with Crippen molar-refractivity contribution < 1.29 is 35.3 Å². The van der Waals surface area contributed by atoms with Crippen molar-refractivity contribution in [3.63, 3.8) is 0 Å². The molecular formula is C20H9F7N4O. The van der Waals surface area contributed by atoms with Gasteiger partial charge in [-0.15, -0.1) is 0 Å². The maximum Gasteiger partial charge on any atom is 0.419 e. The van der Waals surface area contributed by atoms with Gasteiger partial charge < -0.3 is 9.09 Å². The third-order valence-electron chi connectivity index (χ3n) is 4.63. The van der Waals surface area contributed by atoms with Gasteiger partial charge in [-0.1, -0.05) is 11.2 Å². The average molecular weight is 454 g/mol. The predicted octanol–water partition coefficient (Wildman–Crippen LogP) is 6.47. The zero-order chi connectivity index (χ0) is 23.3. The second-order valence-electron chi connectivity index (χ2n) is 6.65. The molecule has 2 aromatic carbocycles. The van der Waals surface area contributed by atoms with E-state index >= 15 is 0 Å². The van der Waals surface area contributed by atoms with Crippen LogP contribution in [0.2, 0.25) is 0 Å². The van der Waals surface area contributed by atoms with Crippen molar-refractivity contribution in [2.24, 2.45) is 0 Å². The van der Waals surface area contributed by atoms with Crippen LogP contribution < -0.4 is 0 Å². The Morgan fingerprint density at radius 2 is 1.75 bits per heavy atom. The van der Waals surface area contributed by atoms with Gasteiger partial charge in [-0.3, -0.25) is 0 Å². The van der Waals surface area contributed by atoms with E-state index in [4.69, 9.17) is 11.1 Å². The highest BCUT2D eigenvalue weighted by atomic mass is 19.4. The van der Waals surface area contributed by atoms with Crippen LogP contribution in [0.1, 0.15) is 17.0 Å². The third kappa shape index (κ3) is 3.77. The number of alkyl halides is 6. The van der Waals surface area contributed by atoms with Gasteiger partial charge in [0, 0.05) is 22.7 Å². The van der Waals surface area contributed by atoms with Gasteiger partial charge in [0.2, 0.25) is 0 Å². The van der Waals surface area contributed by atoms with E-state index in [9.17, 15) is 30.7 Å². The van der Waals surface area contributed by atoms with Crippen LogP contribution in [-0.4, -0.2) is 14.7 Å². The summed E-state index contributed by atoms with van der Waals surface area (Å²) in [6, 6.07) is 5.77. The van der Waals surface area contributed by atoms with Gasteiger partial charge in [0.15, 0.2) is 11.5 Å². The Morgan fingerprint density at radius 3 is 2.41 bits per heavy atom. The molecule has 0 saturated carbocycles. The highest BCUT2D eigenvalue weighted by Crippen LogP contribution is 2.41. The Bertz CT molecular complexity index is 1360. The summed E-state index contributed by atoms with van der Waals surface area (Å²) in [5, 5.41) is 3.45. The van der Waals surface area contributed by atoms with Gasteiger partial charge in [0.05, 0.1) is 24.2 Å². The van der Waals surface area contributed by atoms with Crippen LogP contribution in [0.15, 0.2) is 47.1 Å². The van der Waals surface area contributed by atoms with E-state index in [1.807, 2.05) is 0 Å². The summed E-state index contributed by atoms with van der Waals surface area (Å²) in [5.41, 5.74) is -3.13. The summed E-state index contributed by atoms with van der Waals surface area (Å²) in [6.07, 6.45) is -8.33. The number of hydrogen-bond donors (Lipinski definition) is 0. The standard InChI is InChI=1S/C20H9F7N4O/c1-28-14-4-5-15-11(17(14)20(25,26)27)6-7-31(15)9-16-29-18(32-30-16)10-2-3-13(21)12(8-10)19(22,23)24/h2-8H,9H2. The second-order valence-corrected chi connectivity index (χ2v) is 6.65. The molecule has 12 heteroatoms. The molecule has 2 heterocycles. The van der Waals surface area contributed by atoms with Crippen LogP contribution in [0, 0.1) is 12.4 Å². The Morgan fingerprint density at radius 1 is 1.00 bits per heavy atom. The smallest absolute Gasteiger partial charge is 0.340 e. The molecule has 0 aliphatic heterocycles. The van der Waals surface area contributed by atoms with E-state index in [-0.39, 0.29) is 34.7 Å². The van der Waals surface area contributed by atoms with E-state index in [0.717, 1.165) is 12.1 Å². The molecule has 0 radical (unpaired) electrons. The van der Waals surface area contributed by atoms with Crippen molar-refractivity contribution in [2.45, 2.75) is 18.9 Å². The number of nitrogens with zero attached hydrogens (tertiary/aromatic N) is 4. The molecule has 0 bridgehead atoms. The van der Waals surface area contributed by atoms with Gasteiger partial charge >= 0.3 is 12.4 Å². The highest BCUT2D eigenvalue weighted by Gasteiger charge is 2.36. The van der Waals surface area contributed by atoms with Crippen LogP contribution in [0.5, 0.6) is 0 Å². The summed E-state index contributed by atoms with van der Waals surface area (Å²) in [6.45, 7) is 6.81. The quantitative estimate of drug-likeness (QED) is 0.264. The molecule has 0 aliphatic rings. The molecule has 32 heavy (non-hydrogen) atoms. The lowest BCUT2D eigenvalue weighted by atomic mass is 10.1. The fraction of sp³-hybridized carbons (Fsp3) is 0.150. The van der Waals surface area contributed by atoms with E-state index in [1.165, 1.54) is 22.9 Å². The predicted molar refractivity (Wildman–Crippen MR) is 97.0 cm³/mol. The molecule has 0 aliphatic carbocycles. The van der Waals surface area contributed by atoms with Crippen LogP contribution >= 0.6 is 0 Å². The van der Waals surface area contributed by atoms with E-state index < -0.39 is 35.0 Å². The van der Waals surface area contributed by atoms with Crippen molar-refractivity contribution in [1.29, 1.82) is 0 Å². The topological polar surface area (TPSA) is 48.2 Å². The SMILES string of the molecule is [C-]#[N+]c1ccc2c(ccn2Cc2noc(-c3ccc(F)c(C(F)(F)F)c3)n2)c1C(F)(F)F. The summed E-state index contributed by atoms with van der Waals surface area (Å²) in [7, 11) is 0. The van der Waals surface area contributed by atoms with E-state index in [2.05, 4.69) is 15.0 Å². The Labute approximate surface area is 174 Å². The minimum atomic E-state index is -4.92. The molecule has 0 spiro atoms. The summed E-state index contributed by atoms with van der Waals surface area (Å²) in [4.78, 5) is 6.88. The summed E-state index contributed by atoms with van der Waals surface area (Å²) in [5.74, 6) is -1.80. The first kappa shape index (κ1) is 21.4. The molecule has 0 unspecified atom stereocenters. The molecule has 4 aromatic rings. The van der Waals surface area contributed by atoms with Crippen LogP contribution in [-0.2, 0) is 18.9 Å². The first-order valence-electron chi connectivity index (χ1n) is 8.75. The van der Waals surface area contributed by atoms with Crippen LogP contribution in [0.3, 0.4) is 0 Å². The molecule has 0 saturated heterocycles. The molecular weight excluding hydrogens is 445 g/mol. The molecule has 0 N–H and O–H groups in total. The van der Waals surface area contributed by atoms with Crippen molar-refractivity contribution in [3.05, 3.63) is 76.8 Å². The number of halogens is 7. The lowest BCUT2D eigenvalue weighted by Gasteiger charge is -2.11. The number of fused-ring (bicyclic) bond motifs is 1. The van der Waals surface area contributed by atoms with Gasteiger partial charge in [-0.2, -0.15) is 31.3 Å². The average Bonchev–Trinajstić information content (AvgIpc) is 3.33. The first-order chi connectivity index (χ1) is 15.0. The minimum absolute atomic E-state index is 0.0294. The van der Waals surface area contributed by atoms with Gasteiger partial charge in [-0.05, 0) is 30.3 Å². The summed E-state index contributed by atoms with van der Waals surface area (Å²) >= 11 is 0. The minimum Gasteiger partial charge on any atom is -0.340 e. The molecule has 2 aromatic heterocycles. The molecule has 0 atom stereocenters. The third-order valence-corrected chi connectivity index (χ3v) is 4.63. The lowest BCUT2D eigenvalue weighted by Crippen LogP contribution is -2.08. The summed E-state index contributed by atoms with van der Waals surface area (Å²) < 4.78 is 98.8. The van der Waals surface area contributed by atoms with Gasteiger partial charge in [0.25, 0.3) is 5.89 Å². The fourth-order valence-electron chi connectivity index (χ4n) is 3.25. The molecule has 5 nitrogen and oxygen atoms in total. The number of rotatable bonds is 3. The number of aromatic nitrogens is 3. The largest absolute Gasteiger partial charge is 0.419 e. The van der Waals surface area contributed by atoms with Gasteiger partial charge in [-0.25, -0.2) is 9.24 Å². The normalized spacial score (nSPS) is 12.3. The fourth-order valence-corrected chi connectivity index (χ4v) is 3.25. The van der Waals surface area contributed by atoms with Gasteiger partial charge in [0.1, 0.15) is 5.82 Å². The number of benzene rings is 2. The molecule has 4 rings (SSSR count). The van der Waals surface area contributed by atoms with Crippen LogP contribution in [0.4, 0.5) is 36.4 Å². The lowest BCUT2D eigenvalue weighted by molar-refractivity contribution is -0.140. The first-order valence-corrected chi connectivity index (χ1v) is 8.75. The van der Waals surface area contributed by atoms with Crippen molar-refractivity contribution in [2.75, 3.05) is 0 Å².